The third kappa shape index (κ3) is 3.19. The van der Waals surface area contributed by atoms with Gasteiger partial charge in [0, 0.05) is 37.3 Å². The average molecular weight is 408 g/mol. The fraction of sp³-hybridized carbons (Fsp3) is 0.500. The number of pyridine rings is 1. The number of aryl methyl sites for hydroxylation is 2. The lowest BCUT2D eigenvalue weighted by molar-refractivity contribution is -0.0948. The van der Waals surface area contributed by atoms with Crippen molar-refractivity contribution < 1.29 is 9.47 Å². The van der Waals surface area contributed by atoms with Gasteiger partial charge >= 0.3 is 0 Å². The summed E-state index contributed by atoms with van der Waals surface area (Å²) in [6, 6.07) is 8.38. The Morgan fingerprint density at radius 2 is 2.07 bits per heavy atom. The Morgan fingerprint density at radius 1 is 1.23 bits per heavy atom. The fourth-order valence-electron chi connectivity index (χ4n) is 5.09. The van der Waals surface area contributed by atoms with Crippen LogP contribution in [0.2, 0.25) is 0 Å². The van der Waals surface area contributed by atoms with Gasteiger partial charge in [-0.25, -0.2) is 4.98 Å². The van der Waals surface area contributed by atoms with E-state index in [1.807, 2.05) is 19.2 Å². The molecule has 0 N–H and O–H groups in total. The summed E-state index contributed by atoms with van der Waals surface area (Å²) in [7, 11) is 1.80. The van der Waals surface area contributed by atoms with E-state index >= 15 is 0 Å². The van der Waals surface area contributed by atoms with Crippen LogP contribution in [0.25, 0.3) is 22.2 Å². The Labute approximate surface area is 176 Å². The summed E-state index contributed by atoms with van der Waals surface area (Å²) in [5.41, 5.74) is 5.09. The molecule has 158 valence electrons. The molecule has 0 bridgehead atoms. The van der Waals surface area contributed by atoms with Gasteiger partial charge in [-0.1, -0.05) is 6.07 Å². The highest BCUT2D eigenvalue weighted by atomic mass is 16.5. The van der Waals surface area contributed by atoms with E-state index in [0.29, 0.717) is 11.8 Å². The molecule has 6 nitrogen and oxygen atoms in total. The van der Waals surface area contributed by atoms with Gasteiger partial charge in [-0.05, 0) is 56.5 Å². The first-order chi connectivity index (χ1) is 14.4. The third-order valence-electron chi connectivity index (χ3n) is 6.49. The summed E-state index contributed by atoms with van der Waals surface area (Å²) in [5.74, 6) is 1.89. The Kier molecular flexibility index (Phi) is 4.79. The number of hydrogen-bond acceptors (Lipinski definition) is 4. The molecule has 0 spiro atoms. The second kappa shape index (κ2) is 7.36. The quantitative estimate of drug-likeness (QED) is 0.665. The Morgan fingerprint density at radius 3 is 2.83 bits per heavy atom. The number of benzene rings is 1. The van der Waals surface area contributed by atoms with Crippen molar-refractivity contribution in [2.24, 2.45) is 13.0 Å². The fourth-order valence-corrected chi connectivity index (χ4v) is 5.09. The minimum Gasteiger partial charge on any atom is -0.381 e. The molecular formula is C24H29N3O3. The van der Waals surface area contributed by atoms with Crippen LogP contribution in [0.3, 0.4) is 0 Å². The Balaban J connectivity index is 1.62. The molecule has 2 unspecified atom stereocenters. The van der Waals surface area contributed by atoms with E-state index in [0.717, 1.165) is 59.7 Å². The van der Waals surface area contributed by atoms with Crippen molar-refractivity contribution in [2.75, 3.05) is 13.2 Å². The van der Waals surface area contributed by atoms with Crippen LogP contribution in [0.1, 0.15) is 37.6 Å². The van der Waals surface area contributed by atoms with Crippen LogP contribution in [-0.2, 0) is 23.1 Å². The van der Waals surface area contributed by atoms with E-state index in [-0.39, 0.29) is 17.8 Å². The van der Waals surface area contributed by atoms with Gasteiger partial charge < -0.3 is 18.6 Å². The molecule has 5 rings (SSSR count). The van der Waals surface area contributed by atoms with Crippen LogP contribution in [0, 0.1) is 12.8 Å². The molecule has 0 amide bonds. The first-order valence-electron chi connectivity index (χ1n) is 10.8. The van der Waals surface area contributed by atoms with Crippen molar-refractivity contribution >= 4 is 11.0 Å². The lowest BCUT2D eigenvalue weighted by Gasteiger charge is -2.41. The van der Waals surface area contributed by atoms with Crippen molar-refractivity contribution in [2.45, 2.75) is 51.9 Å². The molecule has 1 saturated heterocycles. The number of fused-ring (bicyclic) bond motifs is 5. The molecule has 3 atom stereocenters. The van der Waals surface area contributed by atoms with Crippen LogP contribution >= 0.6 is 0 Å². The number of nitrogens with zero attached hydrogens (tertiary/aromatic N) is 3. The number of aromatic nitrogens is 3. The van der Waals surface area contributed by atoms with Gasteiger partial charge in [0.2, 0.25) is 0 Å². The molecule has 6 heteroatoms. The summed E-state index contributed by atoms with van der Waals surface area (Å²) in [6.07, 6.45) is 3.20. The largest absolute Gasteiger partial charge is 0.381 e. The molecule has 30 heavy (non-hydrogen) atoms. The zero-order chi connectivity index (χ0) is 21.0. The molecule has 1 aromatic carbocycles. The zero-order valence-corrected chi connectivity index (χ0v) is 18.1. The normalized spacial score (nSPS) is 23.6. The van der Waals surface area contributed by atoms with Crippen LogP contribution in [0.15, 0.2) is 35.3 Å². The number of ether oxygens (including phenoxy) is 2. The summed E-state index contributed by atoms with van der Waals surface area (Å²) in [6.45, 7) is 8.38. The number of rotatable bonds is 3. The SMILES string of the molecule is Cc1cc(-c2ccc3nc4n(c3c2)C[C@@H](OC(C)C)C2COCCC42)cn(C)c1=O. The molecule has 0 saturated carbocycles. The Hall–Kier alpha value is -2.44. The maximum Gasteiger partial charge on any atom is 0.253 e. The van der Waals surface area contributed by atoms with E-state index in [4.69, 9.17) is 14.5 Å². The molecule has 0 aliphatic carbocycles. The van der Waals surface area contributed by atoms with Crippen LogP contribution in [0.5, 0.6) is 0 Å². The number of hydrogen-bond donors (Lipinski definition) is 0. The molecule has 3 aromatic rings. The minimum atomic E-state index is 0.0424. The van der Waals surface area contributed by atoms with Gasteiger partial charge in [0.05, 0.1) is 36.4 Å². The van der Waals surface area contributed by atoms with Gasteiger partial charge in [-0.2, -0.15) is 0 Å². The predicted octanol–water partition coefficient (Wildman–Crippen LogP) is 3.64. The molecule has 1 fully saturated rings. The van der Waals surface area contributed by atoms with E-state index in [9.17, 15) is 4.79 Å². The maximum atomic E-state index is 12.1. The predicted molar refractivity (Wildman–Crippen MR) is 117 cm³/mol. The summed E-state index contributed by atoms with van der Waals surface area (Å²) in [5, 5.41) is 0. The maximum absolute atomic E-state index is 12.1. The van der Waals surface area contributed by atoms with Gasteiger partial charge in [-0.3, -0.25) is 4.79 Å². The number of imidazole rings is 1. The second-order valence-electron chi connectivity index (χ2n) is 8.97. The van der Waals surface area contributed by atoms with E-state index in [2.05, 4.69) is 36.6 Å². The van der Waals surface area contributed by atoms with E-state index in [1.54, 1.807) is 11.6 Å². The summed E-state index contributed by atoms with van der Waals surface area (Å²) < 4.78 is 16.1. The molecule has 2 aliphatic rings. The first kappa shape index (κ1) is 19.5. The minimum absolute atomic E-state index is 0.0424. The topological polar surface area (TPSA) is 58.3 Å². The molecule has 4 heterocycles. The van der Waals surface area contributed by atoms with Crippen LogP contribution in [-0.4, -0.2) is 39.5 Å². The summed E-state index contributed by atoms with van der Waals surface area (Å²) >= 11 is 0. The average Bonchev–Trinajstić information content (AvgIpc) is 3.09. The monoisotopic (exact) mass is 407 g/mol. The van der Waals surface area contributed by atoms with Crippen molar-refractivity contribution in [3.63, 3.8) is 0 Å². The lowest BCUT2D eigenvalue weighted by Crippen LogP contribution is -2.45. The Bertz CT molecular complexity index is 1130. The first-order valence-corrected chi connectivity index (χ1v) is 10.8. The van der Waals surface area contributed by atoms with Gasteiger partial charge in [0.15, 0.2) is 0 Å². The molecule has 2 aromatic heterocycles. The molecule has 0 radical (unpaired) electrons. The van der Waals surface area contributed by atoms with E-state index < -0.39 is 0 Å². The molecular weight excluding hydrogens is 378 g/mol. The van der Waals surface area contributed by atoms with Crippen molar-refractivity contribution in [3.05, 3.63) is 52.2 Å². The lowest BCUT2D eigenvalue weighted by atomic mass is 9.81. The smallest absolute Gasteiger partial charge is 0.253 e. The highest BCUT2D eigenvalue weighted by Crippen LogP contribution is 2.41. The van der Waals surface area contributed by atoms with Crippen LogP contribution < -0.4 is 5.56 Å². The zero-order valence-electron chi connectivity index (χ0n) is 18.1. The van der Waals surface area contributed by atoms with Crippen molar-refractivity contribution in [1.82, 2.24) is 14.1 Å². The van der Waals surface area contributed by atoms with Gasteiger partial charge in [0.1, 0.15) is 5.82 Å². The summed E-state index contributed by atoms with van der Waals surface area (Å²) in [4.78, 5) is 17.1. The highest BCUT2D eigenvalue weighted by Gasteiger charge is 2.41. The molecule has 2 aliphatic heterocycles. The third-order valence-corrected chi connectivity index (χ3v) is 6.49. The van der Waals surface area contributed by atoms with E-state index in [1.165, 1.54) is 0 Å². The second-order valence-corrected chi connectivity index (χ2v) is 8.97. The highest BCUT2D eigenvalue weighted by molar-refractivity contribution is 5.83. The standard InChI is InChI=1S/C24H29N3O3/c1-14(2)30-22-12-27-21-10-16(17-9-15(3)24(28)26(4)11-17)5-6-20(21)25-23(27)18-7-8-29-13-19(18)22/h5-6,9-11,14,18-19,22H,7-8,12-13H2,1-4H3/t18?,19?,22-/m1/s1. The van der Waals surface area contributed by atoms with Gasteiger partial charge in [0.25, 0.3) is 5.56 Å². The van der Waals surface area contributed by atoms with Gasteiger partial charge in [-0.15, -0.1) is 0 Å². The van der Waals surface area contributed by atoms with Crippen LogP contribution in [0.4, 0.5) is 0 Å². The van der Waals surface area contributed by atoms with Crippen molar-refractivity contribution in [1.29, 1.82) is 0 Å². The van der Waals surface area contributed by atoms with Crippen molar-refractivity contribution in [3.8, 4) is 11.1 Å².